The first-order chi connectivity index (χ1) is 13.1. The number of fused-ring (bicyclic) bond motifs is 2. The van der Waals surface area contributed by atoms with E-state index in [0.717, 1.165) is 33.7 Å². The molecule has 1 aliphatic carbocycles. The molecule has 3 aromatic rings. The molecule has 1 aliphatic rings. The van der Waals surface area contributed by atoms with E-state index in [4.69, 9.17) is 16.3 Å². The third-order valence-electron chi connectivity index (χ3n) is 4.69. The van der Waals surface area contributed by atoms with Crippen LogP contribution in [0.1, 0.15) is 23.6 Å². The average Bonchev–Trinajstić information content (AvgIpc) is 3.24. The first kappa shape index (κ1) is 17.4. The Balaban J connectivity index is 1.56. The highest BCUT2D eigenvalue weighted by atomic mass is 35.5. The molecule has 0 bridgehead atoms. The molecular formula is C19H17ClN4O3. The van der Waals surface area contributed by atoms with E-state index in [1.54, 1.807) is 18.2 Å². The molecule has 8 heteroatoms. The molecule has 27 heavy (non-hydrogen) atoms. The quantitative estimate of drug-likeness (QED) is 0.696. The van der Waals surface area contributed by atoms with Gasteiger partial charge < -0.3 is 10.1 Å². The van der Waals surface area contributed by atoms with E-state index in [0.29, 0.717) is 10.9 Å². The number of para-hydroxylation sites is 1. The van der Waals surface area contributed by atoms with E-state index in [1.165, 1.54) is 7.11 Å². The third kappa shape index (κ3) is 3.10. The van der Waals surface area contributed by atoms with Crippen molar-refractivity contribution in [1.82, 2.24) is 15.1 Å². The molecule has 1 atom stereocenters. The number of nitrogens with one attached hydrogen (secondary N) is 2. The summed E-state index contributed by atoms with van der Waals surface area (Å²) >= 11 is 6.23. The molecule has 138 valence electrons. The molecule has 2 N–H and O–H groups in total. The second kappa shape index (κ2) is 6.92. The second-order valence-electron chi connectivity index (χ2n) is 6.24. The molecule has 0 aliphatic heterocycles. The Morgan fingerprint density at radius 2 is 2.04 bits per heavy atom. The molecule has 1 heterocycles. The highest BCUT2D eigenvalue weighted by molar-refractivity contribution is 6.31. The number of carbonyl (C=O) groups is 2. The topological polar surface area (TPSA) is 85.2 Å². The number of hydrogen-bond acceptors (Lipinski definition) is 4. The summed E-state index contributed by atoms with van der Waals surface area (Å²) in [6.45, 7) is 0. The third-order valence-corrected chi connectivity index (χ3v) is 5.04. The number of methoxy groups -OCH3 is 1. The van der Waals surface area contributed by atoms with Gasteiger partial charge in [-0.15, -0.1) is 5.10 Å². The van der Waals surface area contributed by atoms with Crippen LogP contribution in [0.3, 0.4) is 0 Å². The van der Waals surface area contributed by atoms with Crippen LogP contribution in [0.25, 0.3) is 10.9 Å². The van der Waals surface area contributed by atoms with Crippen LogP contribution in [-0.4, -0.2) is 29.0 Å². The summed E-state index contributed by atoms with van der Waals surface area (Å²) in [6.07, 6.45) is 0.975. The molecule has 7 nitrogen and oxygen atoms in total. The van der Waals surface area contributed by atoms with Crippen molar-refractivity contribution in [1.29, 1.82) is 0 Å². The van der Waals surface area contributed by atoms with Crippen LogP contribution < -0.4 is 10.6 Å². The largest absolute Gasteiger partial charge is 0.451 e. The zero-order valence-electron chi connectivity index (χ0n) is 14.5. The molecule has 0 spiro atoms. The molecule has 2 aromatic carbocycles. The van der Waals surface area contributed by atoms with Crippen molar-refractivity contribution in [2.75, 3.05) is 12.4 Å². The van der Waals surface area contributed by atoms with Gasteiger partial charge in [-0.1, -0.05) is 35.9 Å². The first-order valence-corrected chi connectivity index (χ1v) is 8.87. The number of anilines is 1. The molecular weight excluding hydrogens is 368 g/mol. The van der Waals surface area contributed by atoms with Crippen molar-refractivity contribution >= 4 is 40.4 Å². The molecule has 4 rings (SSSR count). The van der Waals surface area contributed by atoms with Gasteiger partial charge in [0.15, 0.2) is 5.82 Å². The van der Waals surface area contributed by atoms with Crippen LogP contribution in [-0.2, 0) is 11.2 Å². The number of hydrogen-bond donors (Lipinski definition) is 2. The summed E-state index contributed by atoms with van der Waals surface area (Å²) in [5, 5.41) is 11.2. The van der Waals surface area contributed by atoms with Crippen LogP contribution in [0.2, 0.25) is 5.02 Å². The van der Waals surface area contributed by atoms with Gasteiger partial charge in [0.05, 0.1) is 18.7 Å². The van der Waals surface area contributed by atoms with Gasteiger partial charge in [-0.25, -0.2) is 9.59 Å². The fourth-order valence-corrected chi connectivity index (χ4v) is 3.72. The summed E-state index contributed by atoms with van der Waals surface area (Å²) in [4.78, 5) is 24.4. The predicted octanol–water partition coefficient (Wildman–Crippen LogP) is 4.11. The summed E-state index contributed by atoms with van der Waals surface area (Å²) in [7, 11) is 1.28. The van der Waals surface area contributed by atoms with E-state index in [2.05, 4.69) is 15.7 Å². The summed E-state index contributed by atoms with van der Waals surface area (Å²) in [5.41, 5.74) is 2.66. The van der Waals surface area contributed by atoms with E-state index >= 15 is 0 Å². The van der Waals surface area contributed by atoms with Gasteiger partial charge in [-0.3, -0.25) is 5.32 Å². The molecule has 1 aromatic heterocycles. The number of benzene rings is 2. The summed E-state index contributed by atoms with van der Waals surface area (Å²) < 4.78 is 5.86. The number of halogens is 1. The minimum Gasteiger partial charge on any atom is -0.451 e. The normalized spacial score (nSPS) is 15.4. The van der Waals surface area contributed by atoms with Crippen molar-refractivity contribution < 1.29 is 14.3 Å². The zero-order chi connectivity index (χ0) is 19.0. The smallest absolute Gasteiger partial charge is 0.435 e. The van der Waals surface area contributed by atoms with Crippen molar-refractivity contribution in [2.24, 2.45) is 0 Å². The van der Waals surface area contributed by atoms with E-state index < -0.39 is 12.1 Å². The zero-order valence-corrected chi connectivity index (χ0v) is 15.3. The number of amides is 2. The lowest BCUT2D eigenvalue weighted by Gasteiger charge is -2.14. The molecule has 0 fully saturated rings. The monoisotopic (exact) mass is 384 g/mol. The van der Waals surface area contributed by atoms with Gasteiger partial charge in [0.2, 0.25) is 0 Å². The second-order valence-corrected chi connectivity index (χ2v) is 6.65. The maximum Gasteiger partial charge on any atom is 0.435 e. The Hall–Kier alpha value is -3.06. The van der Waals surface area contributed by atoms with Gasteiger partial charge in [-0.05, 0) is 42.2 Å². The van der Waals surface area contributed by atoms with Gasteiger partial charge in [0.1, 0.15) is 0 Å². The Morgan fingerprint density at radius 1 is 1.22 bits per heavy atom. The minimum atomic E-state index is -0.626. The number of urea groups is 1. The number of carbonyl (C=O) groups excluding carboxylic acids is 2. The Bertz CT molecular complexity index is 1050. The average molecular weight is 385 g/mol. The lowest BCUT2D eigenvalue weighted by molar-refractivity contribution is 0.170. The van der Waals surface area contributed by atoms with Crippen LogP contribution in [0.5, 0.6) is 0 Å². The maximum absolute atomic E-state index is 12.5. The standard InChI is InChI=1S/C19H17ClN4O3/c1-27-19(26)24-16-8-3-2-5-13(16)17(23-24)22-18(25)21-15-10-9-11-12(15)6-4-7-14(11)20/h2-8,15H,9-10H2,1H3,(H2,21,22,23,25). The van der Waals surface area contributed by atoms with E-state index in [1.807, 2.05) is 24.3 Å². The van der Waals surface area contributed by atoms with Crippen molar-refractivity contribution in [2.45, 2.75) is 18.9 Å². The Kier molecular flexibility index (Phi) is 4.45. The fraction of sp³-hybridized carbons (Fsp3) is 0.211. The van der Waals surface area contributed by atoms with Gasteiger partial charge in [0, 0.05) is 10.4 Å². The maximum atomic E-state index is 12.5. The van der Waals surface area contributed by atoms with Crippen molar-refractivity contribution in [3.05, 3.63) is 58.6 Å². The lowest BCUT2D eigenvalue weighted by atomic mass is 10.1. The fourth-order valence-electron chi connectivity index (χ4n) is 3.45. The molecule has 0 saturated carbocycles. The van der Waals surface area contributed by atoms with E-state index in [-0.39, 0.29) is 11.9 Å². The van der Waals surface area contributed by atoms with Gasteiger partial charge in [0.25, 0.3) is 0 Å². The van der Waals surface area contributed by atoms with Crippen LogP contribution in [0.15, 0.2) is 42.5 Å². The summed E-state index contributed by atoms with van der Waals surface area (Å²) in [5.74, 6) is 0.290. The first-order valence-electron chi connectivity index (χ1n) is 8.49. The highest BCUT2D eigenvalue weighted by Gasteiger charge is 2.26. The van der Waals surface area contributed by atoms with Gasteiger partial charge >= 0.3 is 12.1 Å². The van der Waals surface area contributed by atoms with Crippen LogP contribution >= 0.6 is 11.6 Å². The Labute approximate surface area is 160 Å². The SMILES string of the molecule is COC(=O)n1nc(NC(=O)NC2CCc3c(Cl)cccc32)c2ccccc21. The minimum absolute atomic E-state index is 0.118. The number of rotatable bonds is 2. The molecule has 2 amide bonds. The van der Waals surface area contributed by atoms with Crippen LogP contribution in [0.4, 0.5) is 15.4 Å². The number of ether oxygens (including phenoxy) is 1. The molecule has 1 unspecified atom stereocenters. The van der Waals surface area contributed by atoms with Crippen LogP contribution in [0, 0.1) is 0 Å². The number of aromatic nitrogens is 2. The lowest BCUT2D eigenvalue weighted by Crippen LogP contribution is -2.31. The van der Waals surface area contributed by atoms with E-state index in [9.17, 15) is 9.59 Å². The highest BCUT2D eigenvalue weighted by Crippen LogP contribution is 2.35. The Morgan fingerprint density at radius 3 is 2.85 bits per heavy atom. The van der Waals surface area contributed by atoms with Crippen molar-refractivity contribution in [3.63, 3.8) is 0 Å². The molecule has 0 saturated heterocycles. The molecule has 0 radical (unpaired) electrons. The predicted molar refractivity (Wildman–Crippen MR) is 102 cm³/mol. The summed E-state index contributed by atoms with van der Waals surface area (Å²) in [6, 6.07) is 12.3. The van der Waals surface area contributed by atoms with Gasteiger partial charge in [-0.2, -0.15) is 4.68 Å². The number of nitrogens with zero attached hydrogens (tertiary/aromatic N) is 2. The van der Waals surface area contributed by atoms with Crippen molar-refractivity contribution in [3.8, 4) is 0 Å².